The Hall–Kier alpha value is -3.58. The molecule has 0 radical (unpaired) electrons. The third-order valence-corrected chi connectivity index (χ3v) is 6.51. The quantitative estimate of drug-likeness (QED) is 0.586. The Bertz CT molecular complexity index is 1090. The summed E-state index contributed by atoms with van der Waals surface area (Å²) in [6.07, 6.45) is 8.54. The van der Waals surface area contributed by atoms with Gasteiger partial charge in [-0.15, -0.1) is 0 Å². The van der Waals surface area contributed by atoms with Crippen molar-refractivity contribution in [1.29, 1.82) is 0 Å². The van der Waals surface area contributed by atoms with E-state index in [0.29, 0.717) is 37.6 Å². The van der Waals surface area contributed by atoms with Crippen molar-refractivity contribution in [2.45, 2.75) is 12.8 Å². The molecule has 2 aromatic rings. The van der Waals surface area contributed by atoms with Crippen LogP contribution in [-0.4, -0.2) is 80.0 Å². The summed E-state index contributed by atoms with van der Waals surface area (Å²) in [5.74, 6) is 1.29. The molecule has 0 saturated carbocycles. The predicted octanol–water partition coefficient (Wildman–Crippen LogP) is 3.31. The Morgan fingerprint density at radius 3 is 2.43 bits per heavy atom. The minimum absolute atomic E-state index is 0.0324. The molecule has 0 aromatic heterocycles. The van der Waals surface area contributed by atoms with Gasteiger partial charge < -0.3 is 19.3 Å². The van der Waals surface area contributed by atoms with Crippen LogP contribution in [0.5, 0.6) is 11.5 Å². The molecule has 2 heterocycles. The number of hydrogen-bond acceptors (Lipinski definition) is 5. The van der Waals surface area contributed by atoms with E-state index in [9.17, 15) is 9.59 Å². The van der Waals surface area contributed by atoms with Gasteiger partial charge in [-0.3, -0.25) is 14.5 Å². The number of fused-ring (bicyclic) bond motifs is 1. The average Bonchev–Trinajstić information content (AvgIpc) is 3.04. The van der Waals surface area contributed by atoms with E-state index >= 15 is 0 Å². The molecule has 0 atom stereocenters. The molecule has 2 aliphatic rings. The minimum atomic E-state index is -0.0324. The number of hydrogen-bond donors (Lipinski definition) is 0. The number of piperazine rings is 1. The maximum absolute atomic E-state index is 12.8. The van der Waals surface area contributed by atoms with Crippen molar-refractivity contribution in [1.82, 2.24) is 14.7 Å². The summed E-state index contributed by atoms with van der Waals surface area (Å²) in [6.45, 7) is 4.38. The second-order valence-corrected chi connectivity index (χ2v) is 8.73. The molecule has 7 heteroatoms. The molecule has 184 valence electrons. The number of rotatable bonds is 8. The normalized spacial score (nSPS) is 16.3. The topological polar surface area (TPSA) is 62.3 Å². The number of carbonyl (C=O) groups excluding carboxylic acids is 2. The van der Waals surface area contributed by atoms with Crippen LogP contribution in [0.4, 0.5) is 0 Å². The number of carbonyl (C=O) groups is 2. The summed E-state index contributed by atoms with van der Waals surface area (Å²) in [4.78, 5) is 31.6. The van der Waals surface area contributed by atoms with E-state index in [1.165, 1.54) is 5.56 Å². The van der Waals surface area contributed by atoms with E-state index in [1.54, 1.807) is 25.3 Å². The molecule has 1 saturated heterocycles. The second kappa shape index (κ2) is 11.7. The van der Waals surface area contributed by atoms with Crippen LogP contribution in [0, 0.1) is 0 Å². The van der Waals surface area contributed by atoms with Gasteiger partial charge in [0.05, 0.1) is 20.6 Å². The largest absolute Gasteiger partial charge is 0.493 e. The first kappa shape index (κ1) is 24.5. The van der Waals surface area contributed by atoms with E-state index in [4.69, 9.17) is 9.47 Å². The van der Waals surface area contributed by atoms with Crippen LogP contribution in [0.1, 0.15) is 23.1 Å². The first-order valence-electron chi connectivity index (χ1n) is 12.0. The van der Waals surface area contributed by atoms with Crippen LogP contribution in [0.2, 0.25) is 0 Å². The number of benzene rings is 2. The van der Waals surface area contributed by atoms with Gasteiger partial charge in [-0.1, -0.05) is 42.5 Å². The van der Waals surface area contributed by atoms with Crippen molar-refractivity contribution >= 4 is 24.0 Å². The molecule has 0 N–H and O–H groups in total. The number of amides is 2. The van der Waals surface area contributed by atoms with Gasteiger partial charge in [0.1, 0.15) is 0 Å². The van der Waals surface area contributed by atoms with E-state index < -0.39 is 0 Å². The van der Waals surface area contributed by atoms with E-state index in [2.05, 4.69) is 29.2 Å². The van der Waals surface area contributed by atoms with E-state index in [1.807, 2.05) is 41.3 Å². The van der Waals surface area contributed by atoms with Gasteiger partial charge in [-0.2, -0.15) is 0 Å². The Kier molecular flexibility index (Phi) is 8.21. The zero-order valence-corrected chi connectivity index (χ0v) is 20.5. The SMILES string of the molecule is COc1cc2c(cc1OC)CC(=O)N(CCC(=O)N1CCN(CC=Cc3ccccc3)CC1)C=C2. The van der Waals surface area contributed by atoms with Crippen LogP contribution in [0.15, 0.2) is 54.7 Å². The Labute approximate surface area is 207 Å². The molecule has 7 nitrogen and oxygen atoms in total. The van der Waals surface area contributed by atoms with Crippen molar-refractivity contribution in [3.8, 4) is 11.5 Å². The lowest BCUT2D eigenvalue weighted by atomic mass is 10.0. The van der Waals surface area contributed by atoms with Crippen LogP contribution in [0.25, 0.3) is 12.2 Å². The molecule has 0 aliphatic carbocycles. The highest BCUT2D eigenvalue weighted by molar-refractivity contribution is 5.85. The summed E-state index contributed by atoms with van der Waals surface area (Å²) in [6, 6.07) is 14.0. The van der Waals surface area contributed by atoms with Gasteiger partial charge in [0.25, 0.3) is 0 Å². The first-order valence-corrected chi connectivity index (χ1v) is 12.0. The zero-order valence-electron chi connectivity index (χ0n) is 20.5. The van der Waals surface area contributed by atoms with E-state index in [0.717, 1.165) is 30.8 Å². The lowest BCUT2D eigenvalue weighted by Crippen LogP contribution is -2.49. The van der Waals surface area contributed by atoms with Gasteiger partial charge in [0.15, 0.2) is 11.5 Å². The molecule has 4 rings (SSSR count). The second-order valence-electron chi connectivity index (χ2n) is 8.73. The standard InChI is InChI=1S/C28H33N3O4/c1-34-25-19-23-10-13-30(28(33)21-24(23)20-26(25)35-2)14-11-27(32)31-17-15-29(16-18-31)12-6-9-22-7-4-3-5-8-22/h3-10,13,19-20H,11-12,14-18,21H2,1-2H3. The summed E-state index contributed by atoms with van der Waals surface area (Å²) >= 11 is 0. The molecule has 2 amide bonds. The molecule has 2 aliphatic heterocycles. The molecular weight excluding hydrogens is 442 g/mol. The van der Waals surface area contributed by atoms with Crippen LogP contribution < -0.4 is 9.47 Å². The van der Waals surface area contributed by atoms with Crippen molar-refractivity contribution in [2.75, 3.05) is 53.5 Å². The van der Waals surface area contributed by atoms with Crippen LogP contribution >= 0.6 is 0 Å². The number of methoxy groups -OCH3 is 2. The Morgan fingerprint density at radius 2 is 1.71 bits per heavy atom. The molecular formula is C28H33N3O4. The van der Waals surface area contributed by atoms with Crippen LogP contribution in [0.3, 0.4) is 0 Å². The maximum atomic E-state index is 12.8. The van der Waals surface area contributed by atoms with Gasteiger partial charge in [0.2, 0.25) is 11.8 Å². The minimum Gasteiger partial charge on any atom is -0.493 e. The smallest absolute Gasteiger partial charge is 0.230 e. The lowest BCUT2D eigenvalue weighted by molar-refractivity contribution is -0.134. The van der Waals surface area contributed by atoms with Crippen LogP contribution in [-0.2, 0) is 16.0 Å². The fourth-order valence-electron chi connectivity index (χ4n) is 4.42. The highest BCUT2D eigenvalue weighted by atomic mass is 16.5. The van der Waals surface area contributed by atoms with E-state index in [-0.39, 0.29) is 18.2 Å². The summed E-state index contributed by atoms with van der Waals surface area (Å²) in [7, 11) is 3.17. The summed E-state index contributed by atoms with van der Waals surface area (Å²) in [5, 5.41) is 0. The predicted molar refractivity (Wildman–Crippen MR) is 137 cm³/mol. The monoisotopic (exact) mass is 475 g/mol. The molecule has 2 aromatic carbocycles. The lowest BCUT2D eigenvalue weighted by Gasteiger charge is -2.34. The average molecular weight is 476 g/mol. The summed E-state index contributed by atoms with van der Waals surface area (Å²) < 4.78 is 10.7. The molecule has 1 fully saturated rings. The highest BCUT2D eigenvalue weighted by Gasteiger charge is 2.23. The maximum Gasteiger partial charge on any atom is 0.230 e. The Balaban J connectivity index is 1.25. The van der Waals surface area contributed by atoms with Gasteiger partial charge >= 0.3 is 0 Å². The van der Waals surface area contributed by atoms with Gasteiger partial charge in [-0.05, 0) is 34.9 Å². The third kappa shape index (κ3) is 6.31. The number of nitrogens with zero attached hydrogens (tertiary/aromatic N) is 3. The number of ether oxygens (including phenoxy) is 2. The summed E-state index contributed by atoms with van der Waals surface area (Å²) in [5.41, 5.74) is 3.00. The highest BCUT2D eigenvalue weighted by Crippen LogP contribution is 2.32. The zero-order chi connectivity index (χ0) is 24.6. The molecule has 0 bridgehead atoms. The molecule has 0 unspecified atom stereocenters. The van der Waals surface area contributed by atoms with Crippen molar-refractivity contribution in [2.24, 2.45) is 0 Å². The third-order valence-electron chi connectivity index (χ3n) is 6.51. The van der Waals surface area contributed by atoms with Crippen molar-refractivity contribution in [3.63, 3.8) is 0 Å². The fraction of sp³-hybridized carbons (Fsp3) is 0.357. The first-order chi connectivity index (χ1) is 17.1. The van der Waals surface area contributed by atoms with Crippen molar-refractivity contribution in [3.05, 3.63) is 71.4 Å². The van der Waals surface area contributed by atoms with Gasteiger partial charge in [-0.25, -0.2) is 0 Å². The molecule has 35 heavy (non-hydrogen) atoms. The van der Waals surface area contributed by atoms with Gasteiger partial charge in [0, 0.05) is 51.9 Å². The van der Waals surface area contributed by atoms with Crippen molar-refractivity contribution < 1.29 is 19.1 Å². The molecule has 0 spiro atoms. The Morgan fingerprint density at radius 1 is 1.00 bits per heavy atom. The fourth-order valence-corrected chi connectivity index (χ4v) is 4.42.